The molecule has 22 heavy (non-hydrogen) atoms. The fourth-order valence-electron chi connectivity index (χ4n) is 3.12. The third-order valence-corrected chi connectivity index (χ3v) is 4.80. The van der Waals surface area contributed by atoms with Gasteiger partial charge in [0, 0.05) is 32.0 Å². The summed E-state index contributed by atoms with van der Waals surface area (Å²) in [7, 11) is 1.94. The third-order valence-electron chi connectivity index (χ3n) is 4.80. The van der Waals surface area contributed by atoms with E-state index in [1.54, 1.807) is 0 Å². The van der Waals surface area contributed by atoms with Crippen LogP contribution in [0.1, 0.15) is 34.5 Å². The predicted molar refractivity (Wildman–Crippen MR) is 85.6 cm³/mol. The van der Waals surface area contributed by atoms with Crippen LogP contribution in [-0.4, -0.2) is 33.6 Å². The second kappa shape index (κ2) is 5.61. The molecule has 1 aliphatic rings. The number of aliphatic hydroxyl groups is 1. The third kappa shape index (κ3) is 2.55. The van der Waals surface area contributed by atoms with Crippen molar-refractivity contribution in [2.75, 3.05) is 13.1 Å². The van der Waals surface area contributed by atoms with Crippen molar-refractivity contribution in [2.45, 2.75) is 25.4 Å². The molecule has 1 saturated heterocycles. The molecule has 0 unspecified atom stereocenters. The van der Waals surface area contributed by atoms with Gasteiger partial charge in [-0.1, -0.05) is 30.3 Å². The van der Waals surface area contributed by atoms with Crippen molar-refractivity contribution in [1.82, 2.24) is 9.47 Å². The Morgan fingerprint density at radius 2 is 1.77 bits per heavy atom. The monoisotopic (exact) mass is 298 g/mol. The summed E-state index contributed by atoms with van der Waals surface area (Å²) in [6.45, 7) is 3.12. The molecule has 3 rings (SSSR count). The SMILES string of the molecule is Cc1c(C(=O)N2CCC(O)(c3ccccc3)CC2)ccn1C. The molecule has 0 radical (unpaired) electrons. The molecule has 116 valence electrons. The summed E-state index contributed by atoms with van der Waals surface area (Å²) in [5.41, 5.74) is 1.86. The summed E-state index contributed by atoms with van der Waals surface area (Å²) in [6.07, 6.45) is 3.07. The van der Waals surface area contributed by atoms with Crippen molar-refractivity contribution in [1.29, 1.82) is 0 Å². The number of carbonyl (C=O) groups excluding carboxylic acids is 1. The highest BCUT2D eigenvalue weighted by Crippen LogP contribution is 2.33. The van der Waals surface area contributed by atoms with Gasteiger partial charge in [-0.15, -0.1) is 0 Å². The van der Waals surface area contributed by atoms with Gasteiger partial charge in [0.2, 0.25) is 0 Å². The number of benzene rings is 1. The Morgan fingerprint density at radius 1 is 1.14 bits per heavy atom. The minimum absolute atomic E-state index is 0.0632. The summed E-state index contributed by atoms with van der Waals surface area (Å²) in [5.74, 6) is 0.0632. The molecule has 4 heteroatoms. The van der Waals surface area contributed by atoms with Gasteiger partial charge < -0.3 is 14.6 Å². The Kier molecular flexibility index (Phi) is 3.79. The lowest BCUT2D eigenvalue weighted by Crippen LogP contribution is -2.45. The summed E-state index contributed by atoms with van der Waals surface area (Å²) in [5, 5.41) is 10.8. The van der Waals surface area contributed by atoms with E-state index in [4.69, 9.17) is 0 Å². The van der Waals surface area contributed by atoms with Gasteiger partial charge in [0.25, 0.3) is 5.91 Å². The van der Waals surface area contributed by atoms with E-state index in [1.807, 2.05) is 66.0 Å². The van der Waals surface area contributed by atoms with Crippen LogP contribution in [0.3, 0.4) is 0 Å². The highest BCUT2D eigenvalue weighted by Gasteiger charge is 2.35. The van der Waals surface area contributed by atoms with Gasteiger partial charge in [0.1, 0.15) is 0 Å². The van der Waals surface area contributed by atoms with E-state index in [-0.39, 0.29) is 5.91 Å². The van der Waals surface area contributed by atoms with Crippen LogP contribution in [0.25, 0.3) is 0 Å². The van der Waals surface area contributed by atoms with E-state index >= 15 is 0 Å². The van der Waals surface area contributed by atoms with Crippen LogP contribution in [-0.2, 0) is 12.6 Å². The fourth-order valence-corrected chi connectivity index (χ4v) is 3.12. The maximum atomic E-state index is 12.6. The van der Waals surface area contributed by atoms with E-state index in [0.29, 0.717) is 25.9 Å². The van der Waals surface area contributed by atoms with Gasteiger partial charge in [-0.25, -0.2) is 0 Å². The van der Waals surface area contributed by atoms with Crippen molar-refractivity contribution < 1.29 is 9.90 Å². The van der Waals surface area contributed by atoms with Gasteiger partial charge in [-0.05, 0) is 31.4 Å². The summed E-state index contributed by atoms with van der Waals surface area (Å²) in [6, 6.07) is 11.6. The number of aromatic nitrogens is 1. The van der Waals surface area contributed by atoms with Crippen molar-refractivity contribution in [3.63, 3.8) is 0 Å². The van der Waals surface area contributed by atoms with E-state index in [0.717, 1.165) is 16.8 Å². The predicted octanol–water partition coefficient (Wildman–Crippen LogP) is 2.46. The summed E-state index contributed by atoms with van der Waals surface area (Å²) in [4.78, 5) is 14.5. The molecule has 1 fully saturated rings. The highest BCUT2D eigenvalue weighted by molar-refractivity contribution is 5.95. The zero-order valence-electron chi connectivity index (χ0n) is 13.1. The van der Waals surface area contributed by atoms with E-state index in [2.05, 4.69) is 0 Å². The number of hydrogen-bond acceptors (Lipinski definition) is 2. The Morgan fingerprint density at radius 3 is 2.32 bits per heavy atom. The zero-order chi connectivity index (χ0) is 15.7. The molecular weight excluding hydrogens is 276 g/mol. The van der Waals surface area contributed by atoms with Crippen molar-refractivity contribution in [2.24, 2.45) is 7.05 Å². The Bertz CT molecular complexity index is 668. The Labute approximate surface area is 131 Å². The molecular formula is C18H22N2O2. The van der Waals surface area contributed by atoms with E-state index < -0.39 is 5.60 Å². The fraction of sp³-hybridized carbons (Fsp3) is 0.389. The number of amides is 1. The van der Waals surface area contributed by atoms with Gasteiger partial charge in [0.05, 0.1) is 11.2 Å². The average molecular weight is 298 g/mol. The quantitative estimate of drug-likeness (QED) is 0.925. The van der Waals surface area contributed by atoms with Crippen LogP contribution in [0.5, 0.6) is 0 Å². The molecule has 1 aliphatic heterocycles. The lowest BCUT2D eigenvalue weighted by Gasteiger charge is -2.38. The summed E-state index contributed by atoms with van der Waals surface area (Å²) >= 11 is 0. The molecule has 4 nitrogen and oxygen atoms in total. The van der Waals surface area contributed by atoms with Gasteiger partial charge >= 0.3 is 0 Å². The first-order valence-corrected chi connectivity index (χ1v) is 7.70. The lowest BCUT2D eigenvalue weighted by atomic mass is 9.84. The van der Waals surface area contributed by atoms with Crippen LogP contribution in [0.4, 0.5) is 0 Å². The van der Waals surface area contributed by atoms with Crippen LogP contribution in [0.2, 0.25) is 0 Å². The maximum absolute atomic E-state index is 12.6. The molecule has 1 amide bonds. The van der Waals surface area contributed by atoms with Crippen molar-refractivity contribution in [3.05, 3.63) is 59.4 Å². The smallest absolute Gasteiger partial charge is 0.255 e. The van der Waals surface area contributed by atoms with Gasteiger partial charge in [0.15, 0.2) is 0 Å². The van der Waals surface area contributed by atoms with Gasteiger partial charge in [-0.2, -0.15) is 0 Å². The van der Waals surface area contributed by atoms with Crippen molar-refractivity contribution >= 4 is 5.91 Å². The highest BCUT2D eigenvalue weighted by atomic mass is 16.3. The minimum atomic E-state index is -0.816. The number of nitrogens with zero attached hydrogens (tertiary/aromatic N) is 2. The molecule has 0 spiro atoms. The summed E-state index contributed by atoms with van der Waals surface area (Å²) < 4.78 is 1.96. The average Bonchev–Trinajstić information content (AvgIpc) is 2.88. The number of aryl methyl sites for hydroxylation is 1. The minimum Gasteiger partial charge on any atom is -0.385 e. The zero-order valence-corrected chi connectivity index (χ0v) is 13.1. The molecule has 0 atom stereocenters. The molecule has 2 aromatic rings. The van der Waals surface area contributed by atoms with Crippen LogP contribution >= 0.6 is 0 Å². The normalized spacial score (nSPS) is 17.5. The standard InChI is InChI=1S/C18H22N2O2/c1-14-16(8-11-19(14)2)17(21)20-12-9-18(22,10-13-20)15-6-4-3-5-7-15/h3-8,11,22H,9-10,12-13H2,1-2H3. The molecule has 0 bridgehead atoms. The van der Waals surface area contributed by atoms with Crippen LogP contribution in [0, 0.1) is 6.92 Å². The number of likely N-dealkylation sites (tertiary alicyclic amines) is 1. The van der Waals surface area contributed by atoms with Crippen LogP contribution < -0.4 is 0 Å². The second-order valence-corrected chi connectivity index (χ2v) is 6.12. The van der Waals surface area contributed by atoms with Gasteiger partial charge in [-0.3, -0.25) is 4.79 Å². The first-order valence-electron chi connectivity index (χ1n) is 7.70. The first-order chi connectivity index (χ1) is 10.5. The Balaban J connectivity index is 1.72. The maximum Gasteiger partial charge on any atom is 0.255 e. The molecule has 0 saturated carbocycles. The second-order valence-electron chi connectivity index (χ2n) is 6.12. The molecule has 1 aromatic carbocycles. The largest absolute Gasteiger partial charge is 0.385 e. The molecule has 1 aromatic heterocycles. The Hall–Kier alpha value is -2.07. The van der Waals surface area contributed by atoms with Crippen LogP contribution in [0.15, 0.2) is 42.6 Å². The number of rotatable bonds is 2. The number of carbonyl (C=O) groups is 1. The number of piperidine rings is 1. The molecule has 1 N–H and O–H groups in total. The van der Waals surface area contributed by atoms with Crippen molar-refractivity contribution in [3.8, 4) is 0 Å². The topological polar surface area (TPSA) is 45.5 Å². The first kappa shape index (κ1) is 14.9. The molecule has 0 aliphatic carbocycles. The lowest BCUT2D eigenvalue weighted by molar-refractivity contribution is -0.0211. The van der Waals surface area contributed by atoms with E-state index in [9.17, 15) is 9.90 Å². The van der Waals surface area contributed by atoms with E-state index in [1.165, 1.54) is 0 Å². The number of hydrogen-bond donors (Lipinski definition) is 1. The molecule has 2 heterocycles.